The molecule has 2 amide bonds. The molecule has 102 valence electrons. The first-order valence-corrected chi connectivity index (χ1v) is 6.01. The van der Waals surface area contributed by atoms with E-state index in [1.165, 1.54) is 0 Å². The summed E-state index contributed by atoms with van der Waals surface area (Å²) in [5.74, 6) is 0. The summed E-state index contributed by atoms with van der Waals surface area (Å²) in [4.78, 5) is 13.7. The summed E-state index contributed by atoms with van der Waals surface area (Å²) in [5.41, 5.74) is -0.0106. The van der Waals surface area contributed by atoms with Gasteiger partial charge in [0.1, 0.15) is 0 Å². The summed E-state index contributed by atoms with van der Waals surface area (Å²) in [6.07, 6.45) is 0. The van der Waals surface area contributed by atoms with Gasteiger partial charge in [-0.3, -0.25) is 0 Å². The van der Waals surface area contributed by atoms with Crippen molar-refractivity contribution in [1.29, 1.82) is 0 Å². The van der Waals surface area contributed by atoms with Crippen LogP contribution in [0.1, 0.15) is 27.7 Å². The smallest absolute Gasteiger partial charge is 0.315 e. The summed E-state index contributed by atoms with van der Waals surface area (Å²) in [6, 6.07) is -0.402. The average Bonchev–Trinajstić information content (AvgIpc) is 2.15. The maximum Gasteiger partial charge on any atom is 0.315 e. The van der Waals surface area contributed by atoms with Crippen LogP contribution in [0.25, 0.3) is 0 Å². The number of urea groups is 1. The number of nitrogens with one attached hydrogen (secondary N) is 2. The van der Waals surface area contributed by atoms with Gasteiger partial charge in [0.15, 0.2) is 0 Å². The lowest BCUT2D eigenvalue weighted by Crippen LogP contribution is -2.52. The Labute approximate surface area is 105 Å². The molecule has 0 aliphatic carbocycles. The molecule has 0 aromatic rings. The van der Waals surface area contributed by atoms with Crippen LogP contribution in [-0.4, -0.2) is 55.4 Å². The van der Waals surface area contributed by atoms with Gasteiger partial charge >= 0.3 is 6.03 Å². The van der Waals surface area contributed by atoms with Gasteiger partial charge in [0, 0.05) is 12.6 Å². The third-order valence-corrected chi connectivity index (χ3v) is 2.89. The van der Waals surface area contributed by atoms with Crippen molar-refractivity contribution in [3.8, 4) is 0 Å². The number of rotatable bonds is 6. The van der Waals surface area contributed by atoms with Crippen LogP contribution < -0.4 is 10.6 Å². The number of carbonyl (C=O) groups excluding carboxylic acids is 1. The van der Waals surface area contributed by atoms with Crippen molar-refractivity contribution in [3.63, 3.8) is 0 Å². The zero-order valence-electron chi connectivity index (χ0n) is 11.9. The SMILES string of the molecule is CC(CO)NC(=O)NC(C)C(C)(C)CN(C)C. The van der Waals surface area contributed by atoms with E-state index in [0.717, 1.165) is 6.54 Å². The van der Waals surface area contributed by atoms with E-state index >= 15 is 0 Å². The Kier molecular flexibility index (Phi) is 6.49. The molecule has 0 radical (unpaired) electrons. The fourth-order valence-electron chi connectivity index (χ4n) is 1.66. The highest BCUT2D eigenvalue weighted by Crippen LogP contribution is 2.20. The third-order valence-electron chi connectivity index (χ3n) is 2.89. The molecule has 0 rings (SSSR count). The Balaban J connectivity index is 4.23. The largest absolute Gasteiger partial charge is 0.394 e. The molecule has 5 heteroatoms. The number of hydrogen-bond acceptors (Lipinski definition) is 3. The number of hydrogen-bond donors (Lipinski definition) is 3. The molecule has 0 heterocycles. The van der Waals surface area contributed by atoms with Gasteiger partial charge in [-0.1, -0.05) is 13.8 Å². The molecule has 0 aliphatic heterocycles. The van der Waals surface area contributed by atoms with E-state index in [1.54, 1.807) is 6.92 Å². The van der Waals surface area contributed by atoms with Crippen LogP contribution >= 0.6 is 0 Å². The standard InChI is InChI=1S/C12H27N3O2/c1-9(7-16)13-11(17)14-10(2)12(3,4)8-15(5)6/h9-10,16H,7-8H2,1-6H3,(H2,13,14,17). The molecular weight excluding hydrogens is 218 g/mol. The van der Waals surface area contributed by atoms with Crippen LogP contribution in [-0.2, 0) is 0 Å². The van der Waals surface area contributed by atoms with Gasteiger partial charge in [-0.25, -0.2) is 4.79 Å². The second-order valence-electron chi connectivity index (χ2n) is 5.65. The van der Waals surface area contributed by atoms with Crippen molar-refractivity contribution in [2.24, 2.45) is 5.41 Å². The molecule has 0 aliphatic rings. The summed E-state index contributed by atoms with van der Waals surface area (Å²) in [6.45, 7) is 8.83. The van der Waals surface area contributed by atoms with Gasteiger partial charge in [-0.15, -0.1) is 0 Å². The van der Waals surface area contributed by atoms with Gasteiger partial charge in [0.2, 0.25) is 0 Å². The highest BCUT2D eigenvalue weighted by molar-refractivity contribution is 5.74. The Morgan fingerprint density at radius 3 is 2.24 bits per heavy atom. The monoisotopic (exact) mass is 245 g/mol. The third kappa shape index (κ3) is 6.48. The molecule has 0 fully saturated rings. The molecule has 0 spiro atoms. The summed E-state index contributed by atoms with van der Waals surface area (Å²) in [5, 5.41) is 14.4. The Bertz CT molecular complexity index is 242. The Hall–Kier alpha value is -0.810. The van der Waals surface area contributed by atoms with Gasteiger partial charge in [0.05, 0.1) is 12.6 Å². The van der Waals surface area contributed by atoms with Crippen LogP contribution in [0.15, 0.2) is 0 Å². The molecule has 2 atom stereocenters. The van der Waals surface area contributed by atoms with Gasteiger partial charge in [-0.05, 0) is 33.4 Å². The quantitative estimate of drug-likeness (QED) is 0.643. The van der Waals surface area contributed by atoms with Gasteiger partial charge in [0.25, 0.3) is 0 Å². The summed E-state index contributed by atoms with van der Waals surface area (Å²) in [7, 11) is 4.03. The van der Waals surface area contributed by atoms with Crippen molar-refractivity contribution in [2.45, 2.75) is 39.8 Å². The lowest BCUT2D eigenvalue weighted by molar-refractivity contribution is 0.175. The molecule has 0 aromatic heterocycles. The first kappa shape index (κ1) is 16.2. The lowest BCUT2D eigenvalue weighted by Gasteiger charge is -2.35. The van der Waals surface area contributed by atoms with Crippen LogP contribution in [0.3, 0.4) is 0 Å². The predicted molar refractivity (Wildman–Crippen MR) is 70.0 cm³/mol. The van der Waals surface area contributed by atoms with Crippen molar-refractivity contribution in [3.05, 3.63) is 0 Å². The van der Waals surface area contributed by atoms with Crippen LogP contribution in [0.2, 0.25) is 0 Å². The van der Waals surface area contributed by atoms with E-state index in [9.17, 15) is 4.79 Å². The van der Waals surface area contributed by atoms with Crippen molar-refractivity contribution >= 4 is 6.03 Å². The van der Waals surface area contributed by atoms with Crippen LogP contribution in [0, 0.1) is 5.41 Å². The van der Waals surface area contributed by atoms with Crippen molar-refractivity contribution < 1.29 is 9.90 Å². The van der Waals surface area contributed by atoms with Crippen molar-refractivity contribution in [1.82, 2.24) is 15.5 Å². The van der Waals surface area contributed by atoms with Gasteiger partial charge in [-0.2, -0.15) is 0 Å². The zero-order chi connectivity index (χ0) is 13.6. The molecule has 3 N–H and O–H groups in total. The minimum atomic E-state index is -0.231. The first-order chi connectivity index (χ1) is 7.69. The maximum absolute atomic E-state index is 11.6. The summed E-state index contributed by atoms with van der Waals surface area (Å²) >= 11 is 0. The number of nitrogens with zero attached hydrogens (tertiary/aromatic N) is 1. The van der Waals surface area contributed by atoms with Crippen LogP contribution in [0.4, 0.5) is 4.79 Å². The maximum atomic E-state index is 11.6. The second kappa shape index (κ2) is 6.81. The van der Waals surface area contributed by atoms with E-state index in [0.29, 0.717) is 0 Å². The fourth-order valence-corrected chi connectivity index (χ4v) is 1.66. The van der Waals surface area contributed by atoms with Crippen molar-refractivity contribution in [2.75, 3.05) is 27.2 Å². The second-order valence-corrected chi connectivity index (χ2v) is 5.65. The highest BCUT2D eigenvalue weighted by Gasteiger charge is 2.27. The molecule has 0 saturated carbocycles. The average molecular weight is 245 g/mol. The summed E-state index contributed by atoms with van der Waals surface area (Å²) < 4.78 is 0. The Morgan fingerprint density at radius 2 is 1.82 bits per heavy atom. The Morgan fingerprint density at radius 1 is 1.29 bits per heavy atom. The van der Waals surface area contributed by atoms with E-state index in [1.807, 2.05) is 21.0 Å². The topological polar surface area (TPSA) is 64.6 Å². The number of aliphatic hydroxyl groups excluding tert-OH is 1. The molecular formula is C12H27N3O2. The van der Waals surface area contributed by atoms with E-state index in [2.05, 4.69) is 29.4 Å². The van der Waals surface area contributed by atoms with E-state index in [-0.39, 0.29) is 30.1 Å². The molecule has 0 saturated heterocycles. The van der Waals surface area contributed by atoms with E-state index in [4.69, 9.17) is 5.11 Å². The van der Waals surface area contributed by atoms with Crippen LogP contribution in [0.5, 0.6) is 0 Å². The fraction of sp³-hybridized carbons (Fsp3) is 0.917. The molecule has 2 unspecified atom stereocenters. The number of amides is 2. The predicted octanol–water partition coefficient (Wildman–Crippen LogP) is 0.643. The number of carbonyl (C=O) groups is 1. The molecule has 0 bridgehead atoms. The minimum absolute atomic E-state index is 0.0106. The first-order valence-electron chi connectivity index (χ1n) is 6.01. The molecule has 17 heavy (non-hydrogen) atoms. The van der Waals surface area contributed by atoms with E-state index < -0.39 is 0 Å². The highest BCUT2D eigenvalue weighted by atomic mass is 16.3. The zero-order valence-corrected chi connectivity index (χ0v) is 11.9. The number of aliphatic hydroxyl groups is 1. The minimum Gasteiger partial charge on any atom is -0.394 e. The molecule has 0 aromatic carbocycles. The lowest BCUT2D eigenvalue weighted by atomic mass is 9.85. The molecule has 5 nitrogen and oxygen atoms in total. The van der Waals surface area contributed by atoms with Gasteiger partial charge < -0.3 is 20.6 Å². The normalized spacial score (nSPS) is 15.5.